The van der Waals surface area contributed by atoms with Gasteiger partial charge in [-0.1, -0.05) is 32.1 Å². The van der Waals surface area contributed by atoms with Crippen LogP contribution < -0.4 is 4.72 Å². The van der Waals surface area contributed by atoms with Crippen LogP contribution in [0.1, 0.15) is 59.3 Å². The average Bonchev–Trinajstić information content (AvgIpc) is 2.41. The minimum Gasteiger partial charge on any atom is -0.481 e. The van der Waals surface area contributed by atoms with Crippen LogP contribution in [0.15, 0.2) is 0 Å². The fourth-order valence-electron chi connectivity index (χ4n) is 2.83. The van der Waals surface area contributed by atoms with Crippen LogP contribution in [-0.2, 0) is 15.8 Å². The fourth-order valence-corrected chi connectivity index (χ4v) is 3.71. The molecular weight excluding hydrogens is 331 g/mol. The molecule has 1 aliphatic carbocycles. The molecule has 2 N–H and O–H groups in total. The van der Waals surface area contributed by atoms with Crippen molar-refractivity contribution in [2.75, 3.05) is 0 Å². The Hall–Kier alpha value is -0.630. The normalized spacial score (nSPS) is 21.7. The molecule has 0 saturated heterocycles. The number of nitrogens with one attached hydrogen (secondary N) is 1. The molecule has 1 aliphatic rings. The predicted molar refractivity (Wildman–Crippen MR) is 83.2 cm³/mol. The van der Waals surface area contributed by atoms with Crippen molar-refractivity contribution in [3.63, 3.8) is 0 Å². The van der Waals surface area contributed by atoms with Gasteiger partial charge in [-0.05, 0) is 33.1 Å². The molecule has 0 bridgehead atoms. The van der Waals surface area contributed by atoms with Gasteiger partial charge in [0.1, 0.15) is 6.04 Å². The Kier molecular flexibility index (Phi) is 7.07. The third-order valence-corrected chi connectivity index (χ3v) is 5.75. The van der Waals surface area contributed by atoms with Crippen molar-refractivity contribution >= 4 is 17.0 Å². The Morgan fingerprint density at radius 1 is 1.22 bits per heavy atom. The van der Waals surface area contributed by atoms with Gasteiger partial charge >= 0.3 is 12.1 Å². The van der Waals surface area contributed by atoms with Crippen molar-refractivity contribution in [1.82, 2.24) is 4.72 Å². The van der Waals surface area contributed by atoms with Crippen LogP contribution in [0.5, 0.6) is 0 Å². The summed E-state index contributed by atoms with van der Waals surface area (Å²) >= 11 is 0. The molecule has 0 aliphatic heterocycles. The van der Waals surface area contributed by atoms with Crippen molar-refractivity contribution in [3.8, 4) is 0 Å². The highest BCUT2D eigenvalue weighted by Gasteiger charge is 2.49. The maximum Gasteiger partial charge on any atom is 0.405 e. The zero-order valence-corrected chi connectivity index (χ0v) is 14.6. The Morgan fingerprint density at radius 3 is 2.13 bits per heavy atom. The second-order valence-corrected chi connectivity index (χ2v) is 9.20. The highest BCUT2D eigenvalue weighted by molar-refractivity contribution is 7.84. The Balaban J connectivity index is 2.94. The van der Waals surface area contributed by atoms with Gasteiger partial charge in [-0.2, -0.15) is 13.2 Å². The first kappa shape index (κ1) is 20.4. The molecule has 136 valence electrons. The van der Waals surface area contributed by atoms with Gasteiger partial charge in [0.15, 0.2) is 0 Å². The van der Waals surface area contributed by atoms with Gasteiger partial charge in [0.2, 0.25) is 0 Å². The van der Waals surface area contributed by atoms with Crippen molar-refractivity contribution in [2.24, 2.45) is 11.8 Å². The lowest BCUT2D eigenvalue weighted by atomic mass is 9.80. The van der Waals surface area contributed by atoms with Gasteiger partial charge in [-0.25, -0.2) is 8.93 Å². The van der Waals surface area contributed by atoms with Crippen LogP contribution >= 0.6 is 0 Å². The standard InChI is InChI=1S/C15H26F3NO3S/c1-14(2,3)23(22)19-12(15(16,17)18)11(13(20)21)9-10-7-5-4-6-8-10/h10-12,19H,4-9H2,1-3H3,(H,20,21)/t11-,12-,23-/m0/s1. The highest BCUT2D eigenvalue weighted by Crippen LogP contribution is 2.35. The summed E-state index contributed by atoms with van der Waals surface area (Å²) in [5, 5.41) is 9.31. The molecule has 0 aromatic carbocycles. The second-order valence-electron chi connectivity index (χ2n) is 7.20. The monoisotopic (exact) mass is 357 g/mol. The number of carboxylic acid groups (broad SMARTS) is 1. The highest BCUT2D eigenvalue weighted by atomic mass is 32.2. The van der Waals surface area contributed by atoms with Crippen LogP contribution in [0.4, 0.5) is 13.2 Å². The molecule has 8 heteroatoms. The first-order valence-electron chi connectivity index (χ1n) is 7.90. The maximum atomic E-state index is 13.4. The first-order chi connectivity index (χ1) is 10.4. The zero-order valence-electron chi connectivity index (χ0n) is 13.8. The third-order valence-electron chi connectivity index (χ3n) is 4.17. The van der Waals surface area contributed by atoms with Crippen LogP contribution in [0.25, 0.3) is 0 Å². The Labute approximate surface area is 137 Å². The SMILES string of the molecule is CC(C)(C)[S@](=O)N[C@@H]([C@H](CC1CCCCC1)C(=O)O)C(F)(F)F. The van der Waals surface area contributed by atoms with Crippen LogP contribution in [-0.4, -0.2) is 32.2 Å². The Bertz CT molecular complexity index is 429. The summed E-state index contributed by atoms with van der Waals surface area (Å²) in [7, 11) is -1.99. The summed E-state index contributed by atoms with van der Waals surface area (Å²) in [4.78, 5) is 11.5. The number of hydrogen-bond acceptors (Lipinski definition) is 2. The smallest absolute Gasteiger partial charge is 0.405 e. The predicted octanol–water partition coefficient (Wildman–Crippen LogP) is 3.64. The summed E-state index contributed by atoms with van der Waals surface area (Å²) in [6.07, 6.45) is -0.382. The lowest BCUT2D eigenvalue weighted by molar-refractivity contribution is -0.177. The van der Waals surface area contributed by atoms with E-state index in [1.54, 1.807) is 20.8 Å². The molecule has 23 heavy (non-hydrogen) atoms. The van der Waals surface area contributed by atoms with Crippen molar-refractivity contribution < 1.29 is 27.3 Å². The van der Waals surface area contributed by atoms with Gasteiger partial charge in [0.05, 0.1) is 21.7 Å². The molecule has 1 saturated carbocycles. The van der Waals surface area contributed by atoms with Crippen molar-refractivity contribution in [1.29, 1.82) is 0 Å². The van der Waals surface area contributed by atoms with Crippen LogP contribution in [0, 0.1) is 11.8 Å². The van der Waals surface area contributed by atoms with E-state index in [0.29, 0.717) is 0 Å². The van der Waals surface area contributed by atoms with Gasteiger partial charge in [-0.3, -0.25) is 4.79 Å². The van der Waals surface area contributed by atoms with E-state index in [2.05, 4.69) is 0 Å². The van der Waals surface area contributed by atoms with Crippen LogP contribution in [0.3, 0.4) is 0 Å². The Morgan fingerprint density at radius 2 is 1.74 bits per heavy atom. The lowest BCUT2D eigenvalue weighted by Crippen LogP contribution is -2.53. The fraction of sp³-hybridized carbons (Fsp3) is 0.933. The summed E-state index contributed by atoms with van der Waals surface area (Å²) in [5.74, 6) is -3.12. The number of aliphatic carboxylic acids is 1. The molecule has 1 rings (SSSR count). The maximum absolute atomic E-state index is 13.4. The van der Waals surface area contributed by atoms with Gasteiger partial charge in [-0.15, -0.1) is 0 Å². The van der Waals surface area contributed by atoms with Crippen LogP contribution in [0.2, 0.25) is 0 Å². The number of rotatable bonds is 6. The zero-order chi connectivity index (χ0) is 17.8. The largest absolute Gasteiger partial charge is 0.481 e. The first-order valence-corrected chi connectivity index (χ1v) is 9.05. The number of alkyl halides is 3. The molecular formula is C15H26F3NO3S. The van der Waals surface area contributed by atoms with Gasteiger partial charge in [0, 0.05) is 0 Å². The molecule has 1 fully saturated rings. The molecule has 0 amide bonds. The quantitative estimate of drug-likeness (QED) is 0.763. The van der Waals surface area contributed by atoms with E-state index in [1.807, 2.05) is 4.72 Å². The van der Waals surface area contributed by atoms with Gasteiger partial charge in [0.25, 0.3) is 0 Å². The summed E-state index contributed by atoms with van der Waals surface area (Å²) < 4.78 is 53.3. The second kappa shape index (κ2) is 7.96. The summed E-state index contributed by atoms with van der Waals surface area (Å²) in [6, 6.07) is -2.30. The molecule has 0 aromatic heterocycles. The summed E-state index contributed by atoms with van der Waals surface area (Å²) in [6.45, 7) is 4.63. The van der Waals surface area contributed by atoms with E-state index in [4.69, 9.17) is 0 Å². The number of carbonyl (C=O) groups is 1. The minimum atomic E-state index is -4.77. The lowest BCUT2D eigenvalue weighted by Gasteiger charge is -2.32. The molecule has 0 radical (unpaired) electrons. The molecule has 3 atom stereocenters. The van der Waals surface area contributed by atoms with Gasteiger partial charge < -0.3 is 5.11 Å². The van der Waals surface area contributed by atoms with E-state index >= 15 is 0 Å². The molecule has 0 unspecified atom stereocenters. The molecule has 4 nitrogen and oxygen atoms in total. The molecule has 0 spiro atoms. The van der Waals surface area contributed by atoms with E-state index in [1.165, 1.54) is 0 Å². The topological polar surface area (TPSA) is 66.4 Å². The third kappa shape index (κ3) is 6.41. The van der Waals surface area contributed by atoms with E-state index in [-0.39, 0.29) is 12.3 Å². The van der Waals surface area contributed by atoms with E-state index in [9.17, 15) is 27.3 Å². The number of halogens is 3. The average molecular weight is 357 g/mol. The molecule has 0 heterocycles. The minimum absolute atomic E-state index is 0.0143. The molecule has 0 aromatic rings. The van der Waals surface area contributed by atoms with Crippen molar-refractivity contribution in [2.45, 2.75) is 76.3 Å². The van der Waals surface area contributed by atoms with E-state index in [0.717, 1.165) is 32.1 Å². The number of hydrogen-bond donors (Lipinski definition) is 2. The van der Waals surface area contributed by atoms with E-state index < -0.39 is 39.8 Å². The summed E-state index contributed by atoms with van der Waals surface area (Å²) in [5.41, 5.74) is 0. The van der Waals surface area contributed by atoms with Crippen molar-refractivity contribution in [3.05, 3.63) is 0 Å². The number of carboxylic acids is 1.